The van der Waals surface area contributed by atoms with Crippen LogP contribution in [0.5, 0.6) is 0 Å². The van der Waals surface area contributed by atoms with E-state index in [9.17, 15) is 13.2 Å². The number of sulfonamides is 1. The molecule has 4 rings (SSSR count). The molecule has 0 N–H and O–H groups in total. The molecular weight excluding hydrogens is 410 g/mol. The first-order chi connectivity index (χ1) is 14.7. The molecule has 0 saturated heterocycles. The van der Waals surface area contributed by atoms with Crippen LogP contribution in [0, 0.1) is 12.8 Å². The first-order valence-corrected chi connectivity index (χ1v) is 11.9. The summed E-state index contributed by atoms with van der Waals surface area (Å²) in [5, 5.41) is 0. The maximum Gasteiger partial charge on any atom is 0.337 e. The summed E-state index contributed by atoms with van der Waals surface area (Å²) in [6.07, 6.45) is 2.93. The van der Waals surface area contributed by atoms with E-state index in [4.69, 9.17) is 4.74 Å². The van der Waals surface area contributed by atoms with Crippen molar-refractivity contribution in [3.8, 4) is 0 Å². The highest BCUT2D eigenvalue weighted by molar-refractivity contribution is 7.89. The van der Waals surface area contributed by atoms with Gasteiger partial charge < -0.3 is 4.74 Å². The average molecular weight is 438 g/mol. The minimum Gasteiger partial charge on any atom is -0.465 e. The zero-order chi connectivity index (χ0) is 22.3. The summed E-state index contributed by atoms with van der Waals surface area (Å²) >= 11 is 0. The molecule has 0 saturated carbocycles. The highest BCUT2D eigenvalue weighted by atomic mass is 32.2. The summed E-state index contributed by atoms with van der Waals surface area (Å²) in [7, 11) is -2.27. The number of carbonyl (C=O) groups excluding carboxylic acids is 1. The Hall–Kier alpha value is -2.70. The summed E-state index contributed by atoms with van der Waals surface area (Å²) in [5.74, 6) is -0.205. The Morgan fingerprint density at radius 2 is 1.68 bits per heavy atom. The Labute approximate surface area is 184 Å². The van der Waals surface area contributed by atoms with Gasteiger partial charge in [0.05, 0.1) is 17.6 Å². The van der Waals surface area contributed by atoms with Crippen LogP contribution in [0.2, 0.25) is 0 Å². The molecule has 0 aromatic heterocycles. The molecule has 2 aromatic carbocycles. The third-order valence-corrected chi connectivity index (χ3v) is 7.96. The number of rotatable bonds is 5. The molecule has 1 aliphatic carbocycles. The van der Waals surface area contributed by atoms with Crippen LogP contribution in [0.25, 0.3) is 5.57 Å². The lowest BCUT2D eigenvalue weighted by Gasteiger charge is -2.42. The summed E-state index contributed by atoms with van der Waals surface area (Å²) in [5.41, 5.74) is 5.96. The standard InChI is InChI=1S/C25H27NO4S/c1-16(2)24-14-20-13-22(18-7-9-19(10-8-18)25(27)30-4)23(20)15-26(24)31(28,29)21-11-5-17(3)6-12-21/h5-12,14,16,24H,13,15H2,1-4H3/t24-/m1/s1. The predicted molar refractivity (Wildman–Crippen MR) is 121 cm³/mol. The molecule has 0 fully saturated rings. The normalized spacial score (nSPS) is 19.0. The van der Waals surface area contributed by atoms with Crippen LogP contribution in [0.3, 0.4) is 0 Å². The molecule has 5 nitrogen and oxygen atoms in total. The van der Waals surface area contributed by atoms with Gasteiger partial charge in [-0.1, -0.05) is 49.8 Å². The number of aryl methyl sites for hydroxylation is 1. The number of esters is 1. The van der Waals surface area contributed by atoms with Crippen LogP contribution in [0.4, 0.5) is 0 Å². The van der Waals surface area contributed by atoms with E-state index in [-0.39, 0.29) is 17.9 Å². The van der Waals surface area contributed by atoms with Crippen molar-refractivity contribution in [1.82, 2.24) is 4.31 Å². The lowest BCUT2D eigenvalue weighted by Crippen LogP contribution is -2.47. The van der Waals surface area contributed by atoms with Crippen LogP contribution in [-0.2, 0) is 14.8 Å². The Balaban J connectivity index is 1.70. The average Bonchev–Trinajstić information content (AvgIpc) is 2.74. The number of hydrogen-bond donors (Lipinski definition) is 0. The van der Waals surface area contributed by atoms with Crippen LogP contribution < -0.4 is 0 Å². The second-order valence-corrected chi connectivity index (χ2v) is 10.4. The maximum atomic E-state index is 13.5. The summed E-state index contributed by atoms with van der Waals surface area (Å²) in [4.78, 5) is 12.0. The van der Waals surface area contributed by atoms with Gasteiger partial charge in [0.1, 0.15) is 0 Å². The molecule has 1 heterocycles. The van der Waals surface area contributed by atoms with Gasteiger partial charge in [0.15, 0.2) is 0 Å². The van der Waals surface area contributed by atoms with E-state index >= 15 is 0 Å². The molecule has 0 radical (unpaired) electrons. The third-order valence-electron chi connectivity index (χ3n) is 6.10. The molecule has 2 aromatic rings. The molecule has 0 amide bonds. The Morgan fingerprint density at radius 3 is 2.26 bits per heavy atom. The number of benzene rings is 2. The fourth-order valence-electron chi connectivity index (χ4n) is 4.22. The quantitative estimate of drug-likeness (QED) is 0.642. The van der Waals surface area contributed by atoms with Crippen LogP contribution in [-0.4, -0.2) is 38.4 Å². The van der Waals surface area contributed by atoms with Crippen molar-refractivity contribution < 1.29 is 17.9 Å². The Morgan fingerprint density at radius 1 is 1.03 bits per heavy atom. The first kappa shape index (κ1) is 21.5. The molecule has 2 aliphatic rings. The third kappa shape index (κ3) is 3.86. The van der Waals surface area contributed by atoms with Crippen molar-refractivity contribution in [3.05, 3.63) is 82.4 Å². The molecule has 1 atom stereocenters. The van der Waals surface area contributed by atoms with Crippen LogP contribution in [0.1, 0.15) is 41.8 Å². The van der Waals surface area contributed by atoms with Gasteiger partial charge in [-0.2, -0.15) is 4.31 Å². The molecule has 6 heteroatoms. The van der Waals surface area contributed by atoms with E-state index in [1.807, 2.05) is 31.2 Å². The van der Waals surface area contributed by atoms with Crippen molar-refractivity contribution in [2.45, 2.75) is 38.1 Å². The van der Waals surface area contributed by atoms with Crippen LogP contribution >= 0.6 is 0 Å². The number of carbonyl (C=O) groups is 1. The highest BCUT2D eigenvalue weighted by Gasteiger charge is 2.40. The molecule has 31 heavy (non-hydrogen) atoms. The van der Waals surface area contributed by atoms with Gasteiger partial charge in [-0.3, -0.25) is 0 Å². The monoisotopic (exact) mass is 437 g/mol. The van der Waals surface area contributed by atoms with Gasteiger partial charge in [0.2, 0.25) is 10.0 Å². The molecule has 1 aliphatic heterocycles. The summed E-state index contributed by atoms with van der Waals surface area (Å²) in [6, 6.07) is 14.2. The van der Waals surface area contributed by atoms with E-state index in [0.717, 1.165) is 28.7 Å². The number of methoxy groups -OCH3 is 1. The van der Waals surface area contributed by atoms with Crippen molar-refractivity contribution in [2.24, 2.45) is 5.92 Å². The SMILES string of the molecule is COC(=O)c1ccc(C2=C3CN(S(=O)(=O)c4ccc(C)cc4)[C@@H](C(C)C)C=C3C2)cc1. The van der Waals surface area contributed by atoms with Crippen molar-refractivity contribution in [2.75, 3.05) is 13.7 Å². The second kappa shape index (κ2) is 8.09. The fourth-order valence-corrected chi connectivity index (χ4v) is 5.89. The molecule has 0 spiro atoms. The number of fused-ring (bicyclic) bond motifs is 1. The molecule has 0 unspecified atom stereocenters. The molecule has 0 bridgehead atoms. The van der Waals surface area contributed by atoms with E-state index in [2.05, 4.69) is 19.9 Å². The molecule has 162 valence electrons. The van der Waals surface area contributed by atoms with E-state index in [1.165, 1.54) is 12.7 Å². The van der Waals surface area contributed by atoms with E-state index in [1.54, 1.807) is 28.6 Å². The van der Waals surface area contributed by atoms with E-state index < -0.39 is 10.0 Å². The minimum absolute atomic E-state index is 0.165. The predicted octanol–water partition coefficient (Wildman–Crippen LogP) is 4.59. The maximum absolute atomic E-state index is 13.5. The number of hydrogen-bond acceptors (Lipinski definition) is 4. The Bertz CT molecular complexity index is 1170. The molecular formula is C25H27NO4S. The van der Waals surface area contributed by atoms with Gasteiger partial charge >= 0.3 is 5.97 Å². The lowest BCUT2D eigenvalue weighted by molar-refractivity contribution is 0.0600. The van der Waals surface area contributed by atoms with Gasteiger partial charge in [0.25, 0.3) is 0 Å². The summed E-state index contributed by atoms with van der Waals surface area (Å²) < 4.78 is 33.4. The van der Waals surface area contributed by atoms with Gasteiger partial charge in [-0.05, 0) is 65.8 Å². The van der Waals surface area contributed by atoms with Gasteiger partial charge in [-0.15, -0.1) is 0 Å². The van der Waals surface area contributed by atoms with Crippen molar-refractivity contribution in [1.29, 1.82) is 0 Å². The number of allylic oxidation sites excluding steroid dienone is 1. The number of nitrogens with zero attached hydrogens (tertiary/aromatic N) is 1. The van der Waals surface area contributed by atoms with Gasteiger partial charge in [-0.25, -0.2) is 13.2 Å². The van der Waals surface area contributed by atoms with Crippen molar-refractivity contribution >= 4 is 21.6 Å². The largest absolute Gasteiger partial charge is 0.465 e. The van der Waals surface area contributed by atoms with E-state index in [0.29, 0.717) is 17.0 Å². The highest BCUT2D eigenvalue weighted by Crippen LogP contribution is 2.46. The fraction of sp³-hybridized carbons (Fsp3) is 0.320. The number of ether oxygens (including phenoxy) is 1. The zero-order valence-corrected chi connectivity index (χ0v) is 19.1. The Kier molecular flexibility index (Phi) is 5.62. The zero-order valence-electron chi connectivity index (χ0n) is 18.3. The minimum atomic E-state index is -3.63. The van der Waals surface area contributed by atoms with Crippen LogP contribution in [0.15, 0.2) is 70.6 Å². The van der Waals surface area contributed by atoms with Crippen molar-refractivity contribution in [3.63, 3.8) is 0 Å². The topological polar surface area (TPSA) is 63.7 Å². The van der Waals surface area contributed by atoms with Gasteiger partial charge in [0, 0.05) is 12.6 Å². The smallest absolute Gasteiger partial charge is 0.337 e. The lowest BCUT2D eigenvalue weighted by atomic mass is 9.75. The second-order valence-electron chi connectivity index (χ2n) is 8.49. The summed E-state index contributed by atoms with van der Waals surface area (Å²) in [6.45, 7) is 6.41. The first-order valence-electron chi connectivity index (χ1n) is 10.4.